The van der Waals surface area contributed by atoms with Gasteiger partial charge in [0.1, 0.15) is 42.4 Å². The zero-order valence-corrected chi connectivity index (χ0v) is 28.1. The van der Waals surface area contributed by atoms with Gasteiger partial charge >= 0.3 is 46.9 Å². The molecule has 0 radical (unpaired) electrons. The molecular formula is C14H27NO26P6. The standard InChI is InChI=1S/C14H27NO26P6/c1-5-8(17)7(3-16)6(2-15-5)4-35-47(33,34)41-14-12(39-45(27,28)29)10(37-43(21,22)23)9(36-42(18,19)20)11(38-44(24,25)26)13(14)40-46(30,31)32/h2,9-14,16-17H,3-4H2,1H3,(H,33,34)(H2,18,19,20)(H2,21,22,23)(H2,24,25,26)(H2,27,28,29)(H2,30,31,32)/t9-,10-,11+,12-,13-,14-/m0/s1. The lowest BCUT2D eigenvalue weighted by molar-refractivity contribution is -0.202. The fraction of sp³-hybridized carbons (Fsp3) is 0.643. The molecule has 47 heavy (non-hydrogen) atoms. The summed E-state index contributed by atoms with van der Waals surface area (Å²) in [7, 11) is -36.5. The molecule has 7 atom stereocenters. The molecule has 1 aliphatic rings. The van der Waals surface area contributed by atoms with E-state index >= 15 is 0 Å². The molecule has 274 valence electrons. The predicted octanol–water partition coefficient (Wildman–Crippen LogP) is -2.01. The van der Waals surface area contributed by atoms with Crippen molar-refractivity contribution in [2.45, 2.75) is 56.8 Å². The summed E-state index contributed by atoms with van der Waals surface area (Å²) in [5.74, 6) is -0.606. The Balaban J connectivity index is 2.82. The molecule has 1 aromatic heterocycles. The smallest absolute Gasteiger partial charge is 0.472 e. The first kappa shape index (κ1) is 42.7. The van der Waals surface area contributed by atoms with E-state index in [1.165, 1.54) is 6.92 Å². The third-order valence-corrected chi connectivity index (χ3v) is 9.02. The van der Waals surface area contributed by atoms with Gasteiger partial charge in [-0.2, -0.15) is 0 Å². The molecule has 27 nitrogen and oxygen atoms in total. The van der Waals surface area contributed by atoms with E-state index in [9.17, 15) is 91.4 Å². The van der Waals surface area contributed by atoms with E-state index in [1.807, 2.05) is 0 Å². The Morgan fingerprint density at radius 3 is 1.17 bits per heavy atom. The summed E-state index contributed by atoms with van der Waals surface area (Å²) in [5, 5.41) is 19.6. The van der Waals surface area contributed by atoms with E-state index in [0.717, 1.165) is 6.20 Å². The van der Waals surface area contributed by atoms with Gasteiger partial charge in [0, 0.05) is 17.3 Å². The van der Waals surface area contributed by atoms with Gasteiger partial charge in [-0.05, 0) is 6.92 Å². The molecule has 1 fully saturated rings. The lowest BCUT2D eigenvalue weighted by atomic mass is 9.85. The van der Waals surface area contributed by atoms with Crippen LogP contribution in [0.4, 0.5) is 0 Å². The Morgan fingerprint density at radius 1 is 0.596 bits per heavy atom. The second-order valence-corrected chi connectivity index (χ2v) is 16.3. The van der Waals surface area contributed by atoms with Crippen LogP contribution >= 0.6 is 46.9 Å². The molecule has 1 saturated carbocycles. The quantitative estimate of drug-likeness (QED) is 0.0802. The van der Waals surface area contributed by atoms with Crippen molar-refractivity contribution in [3.05, 3.63) is 23.0 Å². The summed E-state index contributed by atoms with van der Waals surface area (Å²) in [6.45, 7) is -0.756. The zero-order chi connectivity index (χ0) is 36.6. The number of aliphatic hydroxyl groups excluding tert-OH is 1. The molecule has 1 heterocycles. The Labute approximate surface area is 260 Å². The SMILES string of the molecule is Cc1ncc(COP(=O)(O)O[C@@H]2[C@@H](OP(=O)(O)O)[C@H](OP(=O)(O)O)[C@@H](OP(=O)(O)O)[C@H](OP(=O)(O)O)[C@@H]2OP(=O)(O)O)c(CO)c1O. The summed E-state index contributed by atoms with van der Waals surface area (Å²) in [6.07, 6.45) is -18.3. The van der Waals surface area contributed by atoms with E-state index in [2.05, 4.69) is 32.1 Å². The van der Waals surface area contributed by atoms with Gasteiger partial charge in [-0.3, -0.25) is 36.7 Å². The predicted molar refractivity (Wildman–Crippen MR) is 141 cm³/mol. The molecule has 0 bridgehead atoms. The molecule has 1 aliphatic carbocycles. The zero-order valence-electron chi connectivity index (χ0n) is 22.7. The first-order chi connectivity index (χ1) is 20.9. The van der Waals surface area contributed by atoms with Crippen LogP contribution in [0.2, 0.25) is 0 Å². The molecule has 1 aromatic rings. The minimum Gasteiger partial charge on any atom is -0.506 e. The highest BCUT2D eigenvalue weighted by atomic mass is 31.2. The molecule has 13 N–H and O–H groups in total. The largest absolute Gasteiger partial charge is 0.506 e. The van der Waals surface area contributed by atoms with Crippen LogP contribution in [0, 0.1) is 6.92 Å². The summed E-state index contributed by atoms with van der Waals surface area (Å²) in [5.41, 5.74) is -0.663. The summed E-state index contributed by atoms with van der Waals surface area (Å²) in [4.78, 5) is 108. The number of hydrogen-bond donors (Lipinski definition) is 13. The molecule has 0 amide bonds. The van der Waals surface area contributed by atoms with E-state index in [1.54, 1.807) is 0 Å². The molecular weight excluding hydrogens is 784 g/mol. The van der Waals surface area contributed by atoms with Crippen molar-refractivity contribution < 1.29 is 123 Å². The van der Waals surface area contributed by atoms with Crippen molar-refractivity contribution in [1.29, 1.82) is 0 Å². The van der Waals surface area contributed by atoms with Gasteiger partial charge in [-0.15, -0.1) is 0 Å². The number of pyridine rings is 1. The van der Waals surface area contributed by atoms with Crippen LogP contribution in [0.5, 0.6) is 5.75 Å². The van der Waals surface area contributed by atoms with Gasteiger partial charge < -0.3 is 64.0 Å². The topological polar surface area (TPSA) is 443 Å². The van der Waals surface area contributed by atoms with Crippen molar-refractivity contribution in [2.75, 3.05) is 0 Å². The van der Waals surface area contributed by atoms with E-state index in [4.69, 9.17) is 4.52 Å². The van der Waals surface area contributed by atoms with Gasteiger partial charge in [0.25, 0.3) is 0 Å². The molecule has 0 aliphatic heterocycles. The highest BCUT2D eigenvalue weighted by molar-refractivity contribution is 7.48. The second-order valence-electron chi connectivity index (χ2n) is 8.97. The van der Waals surface area contributed by atoms with E-state index < -0.39 is 103 Å². The Hall–Kier alpha value is -0.430. The first-order valence-corrected chi connectivity index (χ1v) is 20.7. The number of aryl methyl sites for hydroxylation is 1. The Kier molecular flexibility index (Phi) is 14.0. The summed E-state index contributed by atoms with van der Waals surface area (Å²) < 4.78 is 103. The highest BCUT2D eigenvalue weighted by Crippen LogP contribution is 2.58. The third-order valence-electron chi connectivity index (χ3n) is 5.46. The Bertz CT molecular complexity index is 1490. The van der Waals surface area contributed by atoms with Crippen LogP contribution in [0.15, 0.2) is 6.20 Å². The molecule has 0 aromatic carbocycles. The van der Waals surface area contributed by atoms with Crippen LogP contribution in [-0.2, 0) is 72.3 Å². The van der Waals surface area contributed by atoms with Gasteiger partial charge in [0.2, 0.25) is 0 Å². The molecule has 2 rings (SSSR count). The lowest BCUT2D eigenvalue weighted by Gasteiger charge is -2.48. The number of aliphatic hydroxyl groups is 1. The number of nitrogens with zero attached hydrogens (tertiary/aromatic N) is 1. The van der Waals surface area contributed by atoms with E-state index in [-0.39, 0.29) is 16.8 Å². The van der Waals surface area contributed by atoms with Crippen LogP contribution in [0.1, 0.15) is 16.8 Å². The highest BCUT2D eigenvalue weighted by Gasteiger charge is 2.63. The van der Waals surface area contributed by atoms with Crippen LogP contribution in [0.25, 0.3) is 0 Å². The van der Waals surface area contributed by atoms with Crippen molar-refractivity contribution in [1.82, 2.24) is 4.98 Å². The number of phosphoric ester groups is 6. The maximum atomic E-state index is 13.0. The lowest BCUT2D eigenvalue weighted by Crippen LogP contribution is -2.66. The number of rotatable bonds is 16. The maximum Gasteiger partial charge on any atom is 0.472 e. The van der Waals surface area contributed by atoms with Crippen molar-refractivity contribution in [3.8, 4) is 5.75 Å². The number of aromatic nitrogens is 1. The van der Waals surface area contributed by atoms with Crippen LogP contribution in [0.3, 0.4) is 0 Å². The number of aromatic hydroxyl groups is 1. The molecule has 33 heteroatoms. The molecule has 0 saturated heterocycles. The maximum absolute atomic E-state index is 13.0. The van der Waals surface area contributed by atoms with Gasteiger partial charge in [-0.1, -0.05) is 0 Å². The number of phosphoric acid groups is 6. The van der Waals surface area contributed by atoms with Crippen molar-refractivity contribution in [3.63, 3.8) is 0 Å². The van der Waals surface area contributed by atoms with Crippen LogP contribution < -0.4 is 0 Å². The van der Waals surface area contributed by atoms with Gasteiger partial charge in [-0.25, -0.2) is 27.4 Å². The molecule has 1 unspecified atom stereocenters. The summed E-state index contributed by atoms with van der Waals surface area (Å²) >= 11 is 0. The first-order valence-electron chi connectivity index (χ1n) is 11.5. The average molecular weight is 811 g/mol. The van der Waals surface area contributed by atoms with Crippen molar-refractivity contribution >= 4 is 46.9 Å². The fourth-order valence-electron chi connectivity index (χ4n) is 3.95. The van der Waals surface area contributed by atoms with Gasteiger partial charge in [0.15, 0.2) is 0 Å². The van der Waals surface area contributed by atoms with E-state index in [0.29, 0.717) is 0 Å². The minimum atomic E-state index is -6.12. The minimum absolute atomic E-state index is 0.0300. The summed E-state index contributed by atoms with van der Waals surface area (Å²) in [6, 6.07) is 0. The number of hydrogen-bond acceptors (Lipinski definition) is 16. The monoisotopic (exact) mass is 811 g/mol. The van der Waals surface area contributed by atoms with Gasteiger partial charge in [0.05, 0.1) is 18.9 Å². The third kappa shape index (κ3) is 14.0. The Morgan fingerprint density at radius 2 is 0.894 bits per heavy atom. The average Bonchev–Trinajstić information content (AvgIpc) is 2.83. The van der Waals surface area contributed by atoms with Crippen molar-refractivity contribution in [2.24, 2.45) is 0 Å². The second kappa shape index (κ2) is 15.4. The van der Waals surface area contributed by atoms with Crippen LogP contribution in [-0.4, -0.2) is 106 Å². The fourth-order valence-corrected chi connectivity index (χ4v) is 7.65. The molecule has 0 spiro atoms. The normalized spacial score (nSPS) is 26.2.